The Morgan fingerprint density at radius 3 is 2.77 bits per heavy atom. The molecular weight excluding hydrogens is 508 g/mol. The Hall–Kier alpha value is -1.52. The monoisotopic (exact) mass is 538 g/mol. The van der Waals surface area contributed by atoms with Gasteiger partial charge in [-0.05, 0) is 43.7 Å². The van der Waals surface area contributed by atoms with Crippen LogP contribution in [0.25, 0.3) is 0 Å². The molecule has 0 aromatic heterocycles. The van der Waals surface area contributed by atoms with Crippen molar-refractivity contribution >= 4 is 41.5 Å². The first-order valence-corrected chi connectivity index (χ1v) is 10.3. The summed E-state index contributed by atoms with van der Waals surface area (Å²) in [5.74, 6) is -0.649. The van der Waals surface area contributed by atoms with E-state index in [9.17, 15) is 18.0 Å². The lowest BCUT2D eigenvalue weighted by Crippen LogP contribution is -2.47. The predicted octanol–water partition coefficient (Wildman–Crippen LogP) is 4.26. The van der Waals surface area contributed by atoms with Crippen molar-refractivity contribution in [3.63, 3.8) is 0 Å². The highest BCUT2D eigenvalue weighted by molar-refractivity contribution is 14.0. The van der Waals surface area contributed by atoms with Crippen LogP contribution in [0, 0.1) is 5.92 Å². The Labute approximate surface area is 192 Å². The summed E-state index contributed by atoms with van der Waals surface area (Å²) >= 11 is 0. The van der Waals surface area contributed by atoms with Crippen LogP contribution in [0.15, 0.2) is 29.3 Å². The lowest BCUT2D eigenvalue weighted by atomic mass is 9.85. The van der Waals surface area contributed by atoms with Crippen molar-refractivity contribution in [2.24, 2.45) is 10.9 Å². The number of nitrogens with one attached hydrogen (secondary N) is 2. The predicted molar refractivity (Wildman–Crippen MR) is 123 cm³/mol. The highest BCUT2D eigenvalue weighted by Crippen LogP contribution is 2.37. The van der Waals surface area contributed by atoms with Gasteiger partial charge in [0, 0.05) is 38.3 Å². The molecule has 1 aromatic carbocycles. The Morgan fingerprint density at radius 1 is 1.27 bits per heavy atom. The third-order valence-corrected chi connectivity index (χ3v) is 5.75. The Bertz CT molecular complexity index is 741. The van der Waals surface area contributed by atoms with Crippen molar-refractivity contribution in [3.8, 4) is 0 Å². The smallest absolute Gasteiger partial charge is 0.356 e. The van der Waals surface area contributed by atoms with Gasteiger partial charge in [-0.25, -0.2) is 0 Å². The number of para-hydroxylation sites is 1. The quantitative estimate of drug-likeness (QED) is 0.255. The number of carbonyl (C=O) groups is 1. The number of alkyl halides is 3. The molecular formula is C21H30F3IN4O. The van der Waals surface area contributed by atoms with E-state index < -0.39 is 12.1 Å². The Kier molecular flexibility index (Phi) is 9.24. The van der Waals surface area contributed by atoms with Crippen LogP contribution in [0.3, 0.4) is 0 Å². The second kappa shape index (κ2) is 11.2. The van der Waals surface area contributed by atoms with Gasteiger partial charge in [-0.3, -0.25) is 9.79 Å². The molecule has 1 aliphatic heterocycles. The number of halogens is 4. The van der Waals surface area contributed by atoms with Gasteiger partial charge in [0.2, 0.25) is 5.91 Å². The summed E-state index contributed by atoms with van der Waals surface area (Å²) in [5, 5.41) is 6.23. The summed E-state index contributed by atoms with van der Waals surface area (Å²) in [6.45, 7) is 1.26. The van der Waals surface area contributed by atoms with Gasteiger partial charge >= 0.3 is 6.18 Å². The van der Waals surface area contributed by atoms with E-state index in [1.807, 2.05) is 23.1 Å². The highest BCUT2D eigenvalue weighted by Gasteiger charge is 2.42. The van der Waals surface area contributed by atoms with Gasteiger partial charge in [0.05, 0.1) is 5.92 Å². The van der Waals surface area contributed by atoms with Crippen LogP contribution < -0.4 is 15.5 Å². The van der Waals surface area contributed by atoms with Crippen LogP contribution in [0.5, 0.6) is 0 Å². The maximum atomic E-state index is 13.0. The van der Waals surface area contributed by atoms with E-state index in [2.05, 4.69) is 21.7 Å². The molecule has 9 heteroatoms. The molecule has 0 saturated heterocycles. The lowest BCUT2D eigenvalue weighted by Gasteiger charge is -2.31. The van der Waals surface area contributed by atoms with E-state index in [4.69, 9.17) is 0 Å². The van der Waals surface area contributed by atoms with E-state index in [1.54, 1.807) is 7.05 Å². The van der Waals surface area contributed by atoms with Gasteiger partial charge in [-0.2, -0.15) is 13.2 Å². The first kappa shape index (κ1) is 24.7. The topological polar surface area (TPSA) is 56.7 Å². The molecule has 5 nitrogen and oxygen atoms in total. The molecule has 2 N–H and O–H groups in total. The maximum absolute atomic E-state index is 13.0. The van der Waals surface area contributed by atoms with Crippen LogP contribution in [0.2, 0.25) is 0 Å². The summed E-state index contributed by atoms with van der Waals surface area (Å²) < 4.78 is 38.9. The number of benzene rings is 1. The van der Waals surface area contributed by atoms with Crippen molar-refractivity contribution in [2.45, 2.75) is 57.2 Å². The van der Waals surface area contributed by atoms with Crippen molar-refractivity contribution in [1.29, 1.82) is 0 Å². The fourth-order valence-corrected chi connectivity index (χ4v) is 4.18. The van der Waals surface area contributed by atoms with Crippen LogP contribution in [0.1, 0.15) is 44.1 Å². The van der Waals surface area contributed by atoms with Crippen LogP contribution in [-0.4, -0.2) is 44.2 Å². The standard InChI is InChI=1S/C21H29F3N4O.HI/c1-25-20(27-17-8-4-7-16(14-17)21(22,23)24)26-12-5-10-19(29)28-13-11-15-6-2-3-9-18(15)28;/h2-3,6,9,16-17H,4-5,7-8,10-14H2,1H3,(H2,25,26,27);1H. The van der Waals surface area contributed by atoms with E-state index in [-0.39, 0.29) is 48.8 Å². The molecule has 3 rings (SSSR count). The molecule has 1 aromatic rings. The van der Waals surface area contributed by atoms with E-state index in [0.29, 0.717) is 38.2 Å². The van der Waals surface area contributed by atoms with Gasteiger partial charge in [-0.15, -0.1) is 24.0 Å². The van der Waals surface area contributed by atoms with E-state index in [1.165, 1.54) is 5.56 Å². The summed E-state index contributed by atoms with van der Waals surface area (Å²) in [5.41, 5.74) is 2.20. The molecule has 2 aliphatic rings. The van der Waals surface area contributed by atoms with Crippen molar-refractivity contribution in [2.75, 3.05) is 25.0 Å². The van der Waals surface area contributed by atoms with Gasteiger partial charge < -0.3 is 15.5 Å². The average Bonchev–Trinajstić information content (AvgIpc) is 3.14. The SMILES string of the molecule is CN=C(NCCCC(=O)N1CCc2ccccc21)NC1CCCC(C(F)(F)F)C1.I. The molecule has 30 heavy (non-hydrogen) atoms. The number of amides is 1. The number of nitrogens with zero attached hydrogens (tertiary/aromatic N) is 2. The number of carbonyl (C=O) groups excluding carboxylic acids is 1. The first-order valence-electron chi connectivity index (χ1n) is 10.3. The zero-order valence-electron chi connectivity index (χ0n) is 17.2. The van der Waals surface area contributed by atoms with Crippen molar-refractivity contribution < 1.29 is 18.0 Å². The van der Waals surface area contributed by atoms with Gasteiger partial charge in [-0.1, -0.05) is 24.6 Å². The largest absolute Gasteiger partial charge is 0.391 e. The number of aliphatic imine (C=N–C) groups is 1. The molecule has 1 aliphatic carbocycles. The van der Waals surface area contributed by atoms with E-state index >= 15 is 0 Å². The number of hydrogen-bond acceptors (Lipinski definition) is 2. The molecule has 0 radical (unpaired) electrons. The second-order valence-electron chi connectivity index (χ2n) is 7.77. The summed E-state index contributed by atoms with van der Waals surface area (Å²) in [7, 11) is 1.60. The number of anilines is 1. The van der Waals surface area contributed by atoms with Crippen LogP contribution >= 0.6 is 24.0 Å². The number of fused-ring (bicyclic) bond motifs is 1. The Morgan fingerprint density at radius 2 is 2.03 bits per heavy atom. The zero-order chi connectivity index (χ0) is 20.9. The second-order valence-corrected chi connectivity index (χ2v) is 7.77. The minimum atomic E-state index is -4.13. The molecule has 1 fully saturated rings. The van der Waals surface area contributed by atoms with Crippen LogP contribution in [0.4, 0.5) is 18.9 Å². The average molecular weight is 538 g/mol. The molecule has 0 bridgehead atoms. The van der Waals surface area contributed by atoms with Crippen molar-refractivity contribution in [1.82, 2.24) is 10.6 Å². The molecule has 1 saturated carbocycles. The minimum absolute atomic E-state index is 0. The third kappa shape index (κ3) is 6.49. The summed E-state index contributed by atoms with van der Waals surface area (Å²) in [6, 6.07) is 7.72. The molecule has 2 unspecified atom stereocenters. The fraction of sp³-hybridized carbons (Fsp3) is 0.619. The molecule has 168 valence electrons. The Balaban J connectivity index is 0.00000320. The maximum Gasteiger partial charge on any atom is 0.391 e. The fourth-order valence-electron chi connectivity index (χ4n) is 4.18. The number of rotatable bonds is 5. The molecule has 0 spiro atoms. The van der Waals surface area contributed by atoms with Gasteiger partial charge in [0.25, 0.3) is 0 Å². The summed E-state index contributed by atoms with van der Waals surface area (Å²) in [4.78, 5) is 18.5. The summed E-state index contributed by atoms with van der Waals surface area (Å²) in [6.07, 6.45) is -0.647. The first-order chi connectivity index (χ1) is 13.9. The third-order valence-electron chi connectivity index (χ3n) is 5.75. The number of hydrogen-bond donors (Lipinski definition) is 2. The highest BCUT2D eigenvalue weighted by atomic mass is 127. The zero-order valence-corrected chi connectivity index (χ0v) is 19.5. The number of guanidine groups is 1. The molecule has 2 atom stereocenters. The van der Waals surface area contributed by atoms with Crippen molar-refractivity contribution in [3.05, 3.63) is 29.8 Å². The van der Waals surface area contributed by atoms with E-state index in [0.717, 1.165) is 18.7 Å². The van der Waals surface area contributed by atoms with Gasteiger partial charge in [0.15, 0.2) is 5.96 Å². The lowest BCUT2D eigenvalue weighted by molar-refractivity contribution is -0.183. The normalized spacial score (nSPS) is 21.6. The van der Waals surface area contributed by atoms with Gasteiger partial charge in [0.1, 0.15) is 0 Å². The molecule has 1 amide bonds. The molecule has 1 heterocycles. The van der Waals surface area contributed by atoms with Crippen LogP contribution in [-0.2, 0) is 11.2 Å². The minimum Gasteiger partial charge on any atom is -0.356 e.